The summed E-state index contributed by atoms with van der Waals surface area (Å²) in [6, 6.07) is 18.1. The minimum Gasteiger partial charge on any atom is -0.495 e. The molecule has 3 aromatic rings. The number of nitrogens with zero attached hydrogens (tertiary/aromatic N) is 1. The van der Waals surface area contributed by atoms with E-state index in [-0.39, 0.29) is 34.2 Å². The highest BCUT2D eigenvalue weighted by molar-refractivity contribution is 7.90. The molecule has 35 heavy (non-hydrogen) atoms. The van der Waals surface area contributed by atoms with E-state index in [0.717, 1.165) is 6.26 Å². The fourth-order valence-corrected chi connectivity index (χ4v) is 5.60. The molecule has 186 valence electrons. The maximum absolute atomic E-state index is 13.6. The number of para-hydroxylation sites is 1. The van der Waals surface area contributed by atoms with E-state index in [1.807, 2.05) is 0 Å². The first kappa shape index (κ1) is 26.4. The minimum absolute atomic E-state index is 0.0341. The molecule has 3 rings (SSSR count). The number of aliphatic carboxylic acids is 1. The summed E-state index contributed by atoms with van der Waals surface area (Å²) in [7, 11) is -6.11. The van der Waals surface area contributed by atoms with Gasteiger partial charge in [-0.3, -0.25) is 0 Å². The molecule has 0 saturated carbocycles. The highest BCUT2D eigenvalue weighted by Gasteiger charge is 2.28. The molecule has 0 aliphatic rings. The standard InChI is InChI=1S/C24H25NO8S2/c1-33-21-5-3-4-6-22(21)35(31,32)25(16-18-9-13-20(14-10-18)34(2,29)30)15-17-7-11-19(12-8-17)23(26)24(27)28/h3-14,23,26H,15-16H2,1-2H3,(H,27,28). The van der Waals surface area contributed by atoms with Crippen LogP contribution in [0.25, 0.3) is 0 Å². The lowest BCUT2D eigenvalue weighted by atomic mass is 10.1. The molecule has 3 aromatic carbocycles. The van der Waals surface area contributed by atoms with Crippen LogP contribution in [0.2, 0.25) is 0 Å². The van der Waals surface area contributed by atoms with Crippen LogP contribution in [0.5, 0.6) is 5.75 Å². The van der Waals surface area contributed by atoms with Gasteiger partial charge in [0.25, 0.3) is 0 Å². The lowest BCUT2D eigenvalue weighted by Gasteiger charge is -2.24. The van der Waals surface area contributed by atoms with Crippen LogP contribution in [0, 0.1) is 0 Å². The lowest BCUT2D eigenvalue weighted by molar-refractivity contribution is -0.146. The second-order valence-corrected chi connectivity index (χ2v) is 11.7. The molecule has 0 fully saturated rings. The molecule has 0 heterocycles. The van der Waals surface area contributed by atoms with Gasteiger partial charge in [-0.2, -0.15) is 4.31 Å². The van der Waals surface area contributed by atoms with Crippen LogP contribution in [-0.4, -0.2) is 50.7 Å². The van der Waals surface area contributed by atoms with Crippen molar-refractivity contribution < 1.29 is 36.6 Å². The minimum atomic E-state index is -4.07. The van der Waals surface area contributed by atoms with Crippen molar-refractivity contribution >= 4 is 25.8 Å². The number of sulfonamides is 1. The number of benzene rings is 3. The molecule has 0 aliphatic heterocycles. The smallest absolute Gasteiger partial charge is 0.337 e. The van der Waals surface area contributed by atoms with E-state index in [0.29, 0.717) is 11.1 Å². The van der Waals surface area contributed by atoms with Crippen molar-refractivity contribution in [2.75, 3.05) is 13.4 Å². The molecule has 0 saturated heterocycles. The Morgan fingerprint density at radius 3 is 1.89 bits per heavy atom. The number of aliphatic hydroxyl groups is 1. The van der Waals surface area contributed by atoms with Gasteiger partial charge in [0, 0.05) is 19.3 Å². The number of hydrogen-bond acceptors (Lipinski definition) is 7. The van der Waals surface area contributed by atoms with Gasteiger partial charge in [-0.15, -0.1) is 0 Å². The van der Waals surface area contributed by atoms with Crippen molar-refractivity contribution in [2.45, 2.75) is 29.0 Å². The third-order valence-electron chi connectivity index (χ3n) is 5.29. The van der Waals surface area contributed by atoms with Crippen molar-refractivity contribution in [3.63, 3.8) is 0 Å². The Kier molecular flexibility index (Phi) is 7.96. The molecule has 0 amide bonds. The Bertz CT molecular complexity index is 1400. The molecule has 0 spiro atoms. The van der Waals surface area contributed by atoms with Crippen LogP contribution < -0.4 is 4.74 Å². The van der Waals surface area contributed by atoms with Crippen LogP contribution >= 0.6 is 0 Å². The fourth-order valence-electron chi connectivity index (χ4n) is 3.39. The maximum atomic E-state index is 13.6. The Labute approximate surface area is 204 Å². The summed E-state index contributed by atoms with van der Waals surface area (Å²) in [5.74, 6) is -1.22. The SMILES string of the molecule is COc1ccccc1S(=O)(=O)N(Cc1ccc(C(O)C(=O)O)cc1)Cc1ccc(S(C)(=O)=O)cc1. The summed E-state index contributed by atoms with van der Waals surface area (Å²) >= 11 is 0. The molecule has 0 radical (unpaired) electrons. The van der Waals surface area contributed by atoms with Crippen LogP contribution in [0.3, 0.4) is 0 Å². The van der Waals surface area contributed by atoms with Crippen molar-refractivity contribution in [3.05, 3.63) is 89.5 Å². The van der Waals surface area contributed by atoms with Gasteiger partial charge in [0.2, 0.25) is 10.0 Å². The number of ether oxygens (including phenoxy) is 1. The summed E-state index contributed by atoms with van der Waals surface area (Å²) in [5.41, 5.74) is 1.28. The van der Waals surface area contributed by atoms with E-state index in [4.69, 9.17) is 9.84 Å². The molecule has 1 unspecified atom stereocenters. The largest absolute Gasteiger partial charge is 0.495 e. The van der Waals surface area contributed by atoms with Gasteiger partial charge in [-0.1, -0.05) is 48.5 Å². The van der Waals surface area contributed by atoms with Crippen molar-refractivity contribution in [2.24, 2.45) is 0 Å². The topological polar surface area (TPSA) is 138 Å². The Morgan fingerprint density at radius 2 is 1.40 bits per heavy atom. The number of aliphatic hydroxyl groups excluding tert-OH is 1. The van der Waals surface area contributed by atoms with Crippen molar-refractivity contribution in [1.29, 1.82) is 0 Å². The molecule has 9 nitrogen and oxygen atoms in total. The van der Waals surface area contributed by atoms with E-state index in [1.165, 1.54) is 47.8 Å². The molecule has 11 heteroatoms. The van der Waals surface area contributed by atoms with E-state index in [2.05, 4.69) is 0 Å². The van der Waals surface area contributed by atoms with Crippen LogP contribution in [0.4, 0.5) is 0 Å². The summed E-state index contributed by atoms with van der Waals surface area (Å²) in [4.78, 5) is 11.1. The maximum Gasteiger partial charge on any atom is 0.337 e. The summed E-state index contributed by atoms with van der Waals surface area (Å²) < 4.78 is 57.3. The number of carboxylic acids is 1. The number of carbonyl (C=O) groups is 1. The normalized spacial score (nSPS) is 12.9. The van der Waals surface area contributed by atoms with Gasteiger partial charge >= 0.3 is 5.97 Å². The first-order valence-electron chi connectivity index (χ1n) is 10.4. The second kappa shape index (κ2) is 10.6. The number of carboxylic acid groups (broad SMARTS) is 1. The first-order valence-corrected chi connectivity index (χ1v) is 13.7. The highest BCUT2D eigenvalue weighted by Crippen LogP contribution is 2.29. The predicted molar refractivity (Wildman–Crippen MR) is 128 cm³/mol. The van der Waals surface area contributed by atoms with Crippen LogP contribution in [-0.2, 0) is 37.7 Å². The molecule has 0 aromatic heterocycles. The van der Waals surface area contributed by atoms with E-state index in [1.54, 1.807) is 36.4 Å². The molecule has 2 N–H and O–H groups in total. The van der Waals surface area contributed by atoms with E-state index in [9.17, 15) is 26.7 Å². The van der Waals surface area contributed by atoms with Gasteiger partial charge in [-0.05, 0) is 41.0 Å². The van der Waals surface area contributed by atoms with Gasteiger partial charge in [0.05, 0.1) is 12.0 Å². The lowest BCUT2D eigenvalue weighted by Crippen LogP contribution is -2.30. The van der Waals surface area contributed by atoms with Gasteiger partial charge in [-0.25, -0.2) is 21.6 Å². The third-order valence-corrected chi connectivity index (χ3v) is 8.25. The zero-order valence-electron chi connectivity index (χ0n) is 19.0. The van der Waals surface area contributed by atoms with Crippen molar-refractivity contribution in [3.8, 4) is 5.75 Å². The summed E-state index contributed by atoms with van der Waals surface area (Å²) in [6.07, 6.45) is -0.600. The van der Waals surface area contributed by atoms with E-state index >= 15 is 0 Å². The van der Waals surface area contributed by atoms with Gasteiger partial charge in [0.1, 0.15) is 10.6 Å². The zero-order chi connectivity index (χ0) is 25.8. The van der Waals surface area contributed by atoms with Crippen LogP contribution in [0.15, 0.2) is 82.6 Å². The predicted octanol–water partition coefficient (Wildman–Crippen LogP) is 2.61. The third kappa shape index (κ3) is 6.25. The zero-order valence-corrected chi connectivity index (χ0v) is 20.7. The Hall–Kier alpha value is -3.25. The quantitative estimate of drug-likeness (QED) is 0.417. The number of methoxy groups -OCH3 is 1. The molecule has 0 bridgehead atoms. The summed E-state index contributed by atoms with van der Waals surface area (Å²) in [6.45, 7) is -0.137. The Balaban J connectivity index is 1.99. The van der Waals surface area contributed by atoms with Gasteiger partial charge in [0.15, 0.2) is 15.9 Å². The average Bonchev–Trinajstić information content (AvgIpc) is 2.83. The summed E-state index contributed by atoms with van der Waals surface area (Å²) in [5, 5.41) is 18.7. The molecule has 0 aliphatic carbocycles. The van der Waals surface area contributed by atoms with E-state index < -0.39 is 31.9 Å². The molecular weight excluding hydrogens is 494 g/mol. The van der Waals surface area contributed by atoms with Gasteiger partial charge < -0.3 is 14.9 Å². The first-order chi connectivity index (χ1) is 16.4. The number of hydrogen-bond donors (Lipinski definition) is 2. The monoisotopic (exact) mass is 519 g/mol. The van der Waals surface area contributed by atoms with Crippen LogP contribution in [0.1, 0.15) is 22.8 Å². The number of rotatable bonds is 10. The highest BCUT2D eigenvalue weighted by atomic mass is 32.2. The number of sulfone groups is 1. The second-order valence-electron chi connectivity index (χ2n) is 7.82. The molecule has 1 atom stereocenters. The van der Waals surface area contributed by atoms with Crippen molar-refractivity contribution in [1.82, 2.24) is 4.31 Å². The average molecular weight is 520 g/mol. The fraction of sp³-hybridized carbons (Fsp3) is 0.208. The Morgan fingerprint density at radius 1 is 0.886 bits per heavy atom. The molecular formula is C24H25NO8S2.